The molecule has 3 N–H and O–H groups in total. The monoisotopic (exact) mass is 375 g/mol. The zero-order valence-electron chi connectivity index (χ0n) is 16.0. The fourth-order valence-electron chi connectivity index (χ4n) is 4.02. The van der Waals surface area contributed by atoms with E-state index in [0.717, 1.165) is 47.0 Å². The highest BCUT2D eigenvalue weighted by Gasteiger charge is 2.29. The molecular weight excluding hydrogens is 350 g/mol. The van der Waals surface area contributed by atoms with Crippen molar-refractivity contribution < 1.29 is 9.59 Å². The highest BCUT2D eigenvalue weighted by molar-refractivity contribution is 6.00. The molecule has 3 aromatic rings. The van der Waals surface area contributed by atoms with Crippen LogP contribution in [0.2, 0.25) is 0 Å². The minimum Gasteiger partial charge on any atom is -0.361 e. The summed E-state index contributed by atoms with van der Waals surface area (Å²) >= 11 is 0. The van der Waals surface area contributed by atoms with Gasteiger partial charge in [-0.15, -0.1) is 0 Å². The van der Waals surface area contributed by atoms with Gasteiger partial charge in [-0.3, -0.25) is 9.59 Å². The zero-order chi connectivity index (χ0) is 19.5. The van der Waals surface area contributed by atoms with E-state index in [4.69, 9.17) is 0 Å². The highest BCUT2D eigenvalue weighted by Crippen LogP contribution is 2.29. The standard InChI is InChI=1S/C23H25N3O2/c1-2-7-17(18-14-24-20-11-6-4-9-16(18)20)22(27)26-21-13-12-15-8-3-5-10-19(15)25-23(21)28/h3-6,8-11,14,17,21,24H,2,7,12-13H2,1H3,(H,25,28)(H,26,27). The second-order valence-electron chi connectivity index (χ2n) is 7.38. The van der Waals surface area contributed by atoms with Crippen LogP contribution in [0.25, 0.3) is 10.9 Å². The maximum absolute atomic E-state index is 13.2. The molecule has 0 aliphatic carbocycles. The Balaban J connectivity index is 1.55. The molecule has 144 valence electrons. The molecular formula is C23H25N3O2. The van der Waals surface area contributed by atoms with Gasteiger partial charge in [0.25, 0.3) is 0 Å². The van der Waals surface area contributed by atoms with Gasteiger partial charge in [0.1, 0.15) is 6.04 Å². The highest BCUT2D eigenvalue weighted by atomic mass is 16.2. The number of rotatable bonds is 5. The second-order valence-corrected chi connectivity index (χ2v) is 7.38. The molecule has 0 fully saturated rings. The van der Waals surface area contributed by atoms with Gasteiger partial charge in [0.05, 0.1) is 5.92 Å². The second kappa shape index (κ2) is 7.89. The van der Waals surface area contributed by atoms with E-state index in [-0.39, 0.29) is 17.7 Å². The summed E-state index contributed by atoms with van der Waals surface area (Å²) in [6.45, 7) is 2.07. The van der Waals surface area contributed by atoms with Crippen LogP contribution >= 0.6 is 0 Å². The summed E-state index contributed by atoms with van der Waals surface area (Å²) in [5.74, 6) is -0.509. The SMILES string of the molecule is CCCC(C(=O)NC1CCc2ccccc2NC1=O)c1c[nH]c2ccccc12. The molecule has 28 heavy (non-hydrogen) atoms. The molecule has 0 bridgehead atoms. The first-order chi connectivity index (χ1) is 13.7. The van der Waals surface area contributed by atoms with Gasteiger partial charge in [0.2, 0.25) is 11.8 Å². The van der Waals surface area contributed by atoms with Gasteiger partial charge in [-0.2, -0.15) is 0 Å². The molecule has 1 aliphatic heterocycles. The Bertz CT molecular complexity index is 1010. The van der Waals surface area contributed by atoms with Crippen LogP contribution in [0.3, 0.4) is 0 Å². The van der Waals surface area contributed by atoms with Gasteiger partial charge in [-0.05, 0) is 42.5 Å². The number of H-pyrrole nitrogens is 1. The van der Waals surface area contributed by atoms with Crippen LogP contribution in [0.1, 0.15) is 43.2 Å². The number of hydrogen-bond acceptors (Lipinski definition) is 2. The lowest BCUT2D eigenvalue weighted by Gasteiger charge is -2.20. The van der Waals surface area contributed by atoms with Crippen molar-refractivity contribution in [1.82, 2.24) is 10.3 Å². The Hall–Kier alpha value is -3.08. The lowest BCUT2D eigenvalue weighted by molar-refractivity contribution is -0.127. The Morgan fingerprint density at radius 1 is 1.18 bits per heavy atom. The van der Waals surface area contributed by atoms with Gasteiger partial charge in [0, 0.05) is 22.8 Å². The fourth-order valence-corrected chi connectivity index (χ4v) is 4.02. The van der Waals surface area contributed by atoms with Crippen LogP contribution in [0, 0.1) is 0 Å². The topological polar surface area (TPSA) is 74.0 Å². The lowest BCUT2D eigenvalue weighted by atomic mass is 9.92. The molecule has 2 atom stereocenters. The van der Waals surface area contributed by atoms with E-state index >= 15 is 0 Å². The third-order valence-corrected chi connectivity index (χ3v) is 5.50. The number of carbonyl (C=O) groups is 2. The minimum atomic E-state index is -0.524. The molecule has 5 heteroatoms. The number of hydrogen-bond donors (Lipinski definition) is 3. The lowest BCUT2D eigenvalue weighted by Crippen LogP contribution is -2.45. The Morgan fingerprint density at radius 3 is 2.82 bits per heavy atom. The molecule has 2 heterocycles. The number of carbonyl (C=O) groups excluding carboxylic acids is 2. The Kier molecular flexibility index (Phi) is 5.15. The molecule has 4 rings (SSSR count). The van der Waals surface area contributed by atoms with Crippen molar-refractivity contribution in [2.75, 3.05) is 5.32 Å². The molecule has 5 nitrogen and oxygen atoms in total. The number of para-hydroxylation sites is 2. The van der Waals surface area contributed by atoms with Crippen molar-refractivity contribution in [3.8, 4) is 0 Å². The first-order valence-electron chi connectivity index (χ1n) is 9.92. The summed E-state index contributed by atoms with van der Waals surface area (Å²) in [7, 11) is 0. The third-order valence-electron chi connectivity index (χ3n) is 5.50. The van der Waals surface area contributed by atoms with E-state index in [2.05, 4.69) is 22.5 Å². The Morgan fingerprint density at radius 2 is 1.96 bits per heavy atom. The van der Waals surface area contributed by atoms with Gasteiger partial charge in [-0.25, -0.2) is 0 Å². The minimum absolute atomic E-state index is 0.0855. The molecule has 0 radical (unpaired) electrons. The van der Waals surface area contributed by atoms with Crippen molar-refractivity contribution >= 4 is 28.4 Å². The normalized spacial score (nSPS) is 17.5. The van der Waals surface area contributed by atoms with Crippen LogP contribution in [0.5, 0.6) is 0 Å². The number of aromatic amines is 1. The predicted molar refractivity (Wildman–Crippen MR) is 111 cm³/mol. The van der Waals surface area contributed by atoms with Crippen LogP contribution in [0.15, 0.2) is 54.7 Å². The van der Waals surface area contributed by atoms with Crippen LogP contribution in [-0.2, 0) is 16.0 Å². The van der Waals surface area contributed by atoms with Gasteiger partial charge >= 0.3 is 0 Å². The van der Waals surface area contributed by atoms with Crippen molar-refractivity contribution in [3.63, 3.8) is 0 Å². The van der Waals surface area contributed by atoms with Crippen molar-refractivity contribution in [1.29, 1.82) is 0 Å². The van der Waals surface area contributed by atoms with Crippen molar-refractivity contribution in [2.24, 2.45) is 0 Å². The van der Waals surface area contributed by atoms with Gasteiger partial charge in [0.15, 0.2) is 0 Å². The largest absolute Gasteiger partial charge is 0.361 e. The predicted octanol–water partition coefficient (Wildman–Crippen LogP) is 4.12. The molecule has 0 spiro atoms. The molecule has 0 saturated carbocycles. The van der Waals surface area contributed by atoms with E-state index in [1.54, 1.807) is 0 Å². The van der Waals surface area contributed by atoms with E-state index in [9.17, 15) is 9.59 Å². The quantitative estimate of drug-likeness (QED) is 0.627. The average molecular weight is 375 g/mol. The van der Waals surface area contributed by atoms with Crippen LogP contribution in [0.4, 0.5) is 5.69 Å². The average Bonchev–Trinajstić information content (AvgIpc) is 3.06. The van der Waals surface area contributed by atoms with E-state index in [1.807, 2.05) is 54.7 Å². The molecule has 1 aromatic heterocycles. The van der Waals surface area contributed by atoms with Crippen molar-refractivity contribution in [2.45, 2.75) is 44.6 Å². The molecule has 2 amide bonds. The van der Waals surface area contributed by atoms with E-state index in [0.29, 0.717) is 6.42 Å². The smallest absolute Gasteiger partial charge is 0.246 e. The van der Waals surface area contributed by atoms with Gasteiger partial charge < -0.3 is 15.6 Å². The number of fused-ring (bicyclic) bond motifs is 2. The summed E-state index contributed by atoms with van der Waals surface area (Å²) in [6.07, 6.45) is 4.91. The fraction of sp³-hybridized carbons (Fsp3) is 0.304. The number of aromatic nitrogens is 1. The number of benzene rings is 2. The summed E-state index contributed by atoms with van der Waals surface area (Å²) in [5, 5.41) is 7.03. The maximum Gasteiger partial charge on any atom is 0.246 e. The molecule has 2 unspecified atom stereocenters. The van der Waals surface area contributed by atoms with E-state index in [1.165, 1.54) is 0 Å². The molecule has 1 aliphatic rings. The van der Waals surface area contributed by atoms with Crippen LogP contribution in [-0.4, -0.2) is 22.8 Å². The third kappa shape index (κ3) is 3.52. The summed E-state index contributed by atoms with van der Waals surface area (Å²) < 4.78 is 0. The van der Waals surface area contributed by atoms with Crippen molar-refractivity contribution in [3.05, 3.63) is 65.9 Å². The first-order valence-corrected chi connectivity index (χ1v) is 9.92. The summed E-state index contributed by atoms with van der Waals surface area (Å²) in [6, 6.07) is 15.3. The van der Waals surface area contributed by atoms with Gasteiger partial charge in [-0.1, -0.05) is 49.7 Å². The molecule has 0 saturated heterocycles. The number of aryl methyl sites for hydroxylation is 1. The molecule has 2 aromatic carbocycles. The first kappa shape index (κ1) is 18.3. The van der Waals surface area contributed by atoms with E-state index < -0.39 is 6.04 Å². The summed E-state index contributed by atoms with van der Waals surface area (Å²) in [5.41, 5.74) is 3.96. The van der Waals surface area contributed by atoms with Crippen LogP contribution < -0.4 is 10.6 Å². The number of amides is 2. The zero-order valence-corrected chi connectivity index (χ0v) is 16.0. The number of nitrogens with one attached hydrogen (secondary N) is 3. The summed E-state index contributed by atoms with van der Waals surface area (Å²) in [4.78, 5) is 29.1. The maximum atomic E-state index is 13.2. The number of anilines is 1. The Labute approximate surface area is 164 Å².